The Morgan fingerprint density at radius 2 is 1.90 bits per heavy atom. The van der Waals surface area contributed by atoms with Gasteiger partial charge >= 0.3 is 6.61 Å². The summed E-state index contributed by atoms with van der Waals surface area (Å²) in [5.41, 5.74) is 0.410. The zero-order valence-electron chi connectivity index (χ0n) is 15.5. The molecule has 9 heteroatoms. The van der Waals surface area contributed by atoms with Crippen LogP contribution in [0.2, 0.25) is 0 Å². The number of halogens is 2. The number of aryl methyl sites for hydroxylation is 1. The largest absolute Gasteiger partial charge is 0.450 e. The van der Waals surface area contributed by atoms with Gasteiger partial charge in [-0.25, -0.2) is 0 Å². The summed E-state index contributed by atoms with van der Waals surface area (Å²) < 4.78 is 35.5. The third-order valence-corrected chi connectivity index (χ3v) is 4.67. The van der Waals surface area contributed by atoms with Crippen LogP contribution in [-0.2, 0) is 0 Å². The van der Waals surface area contributed by atoms with Gasteiger partial charge in [-0.1, -0.05) is 36.4 Å². The Morgan fingerprint density at radius 3 is 2.63 bits per heavy atom. The van der Waals surface area contributed by atoms with Crippen molar-refractivity contribution < 1.29 is 27.7 Å². The third-order valence-electron chi connectivity index (χ3n) is 4.67. The van der Waals surface area contributed by atoms with Gasteiger partial charge in [-0.05, 0) is 18.4 Å². The molecule has 1 heterocycles. The molecule has 30 heavy (non-hydrogen) atoms. The first-order chi connectivity index (χ1) is 14.3. The Kier molecular flexibility index (Phi) is 4.78. The van der Waals surface area contributed by atoms with Crippen LogP contribution in [0, 0.1) is 17.0 Å². The number of nitro groups is 1. The van der Waals surface area contributed by atoms with Crippen molar-refractivity contribution in [1.29, 1.82) is 0 Å². The Morgan fingerprint density at radius 1 is 1.13 bits per heavy atom. The quantitative estimate of drug-likeness (QED) is 0.337. The molecule has 3 aromatic carbocycles. The number of non-ortho nitro benzene ring substituents is 1. The summed E-state index contributed by atoms with van der Waals surface area (Å²) in [6, 6.07) is 14.2. The van der Waals surface area contributed by atoms with Gasteiger partial charge in [-0.3, -0.25) is 14.9 Å². The van der Waals surface area contributed by atoms with Crippen molar-refractivity contribution in [2.75, 3.05) is 5.32 Å². The molecule has 0 aliphatic rings. The maximum absolute atomic E-state index is 12.8. The van der Waals surface area contributed by atoms with Crippen molar-refractivity contribution in [3.05, 3.63) is 76.0 Å². The molecule has 0 radical (unpaired) electrons. The second-order valence-electron chi connectivity index (χ2n) is 6.49. The fourth-order valence-electron chi connectivity index (χ4n) is 3.27. The molecule has 1 N–H and O–H groups in total. The molecule has 0 saturated heterocycles. The fraction of sp³-hybridized carbons (Fsp3) is 0.0952. The minimum Gasteiger partial charge on any atom is -0.450 e. The van der Waals surface area contributed by atoms with Crippen LogP contribution < -0.4 is 10.1 Å². The average molecular weight is 412 g/mol. The van der Waals surface area contributed by atoms with Crippen LogP contribution in [0.15, 0.2) is 59.0 Å². The van der Waals surface area contributed by atoms with Crippen molar-refractivity contribution in [2.24, 2.45) is 0 Å². The molecule has 0 fully saturated rings. The number of alkyl halides is 2. The molecule has 0 aliphatic carbocycles. The van der Waals surface area contributed by atoms with Crippen molar-refractivity contribution in [3.63, 3.8) is 0 Å². The van der Waals surface area contributed by atoms with Crippen LogP contribution in [0.4, 0.5) is 20.2 Å². The van der Waals surface area contributed by atoms with E-state index in [-0.39, 0.29) is 17.1 Å². The Hall–Kier alpha value is -4.01. The molecule has 0 aliphatic heterocycles. The molecule has 152 valence electrons. The number of furan rings is 1. The SMILES string of the molecule is Cc1c(C(=O)Nc2cc([N+](=O)[O-])ccc2OC(F)F)oc2c1ccc1ccccc12. The lowest BCUT2D eigenvalue weighted by Gasteiger charge is -2.11. The minimum absolute atomic E-state index is 0.0316. The van der Waals surface area contributed by atoms with Crippen LogP contribution in [-0.4, -0.2) is 17.4 Å². The summed E-state index contributed by atoms with van der Waals surface area (Å²) in [7, 11) is 0. The number of carbonyl (C=O) groups excluding carboxylic acids is 1. The van der Waals surface area contributed by atoms with Gasteiger partial charge in [-0.2, -0.15) is 8.78 Å². The molecule has 0 saturated carbocycles. The lowest BCUT2D eigenvalue weighted by Crippen LogP contribution is -2.14. The molecule has 0 unspecified atom stereocenters. The van der Waals surface area contributed by atoms with Crippen molar-refractivity contribution >= 4 is 39.0 Å². The van der Waals surface area contributed by atoms with Crippen molar-refractivity contribution in [2.45, 2.75) is 13.5 Å². The standard InChI is InChI=1S/C21H14F2N2O5/c1-11-14-8-6-12-4-2-3-5-15(12)19(14)30-18(11)20(26)24-16-10-13(25(27)28)7-9-17(16)29-21(22)23/h2-10,21H,1H3,(H,24,26). The van der Waals surface area contributed by atoms with E-state index in [1.54, 1.807) is 6.92 Å². The number of nitrogens with zero attached hydrogens (tertiary/aromatic N) is 1. The molecule has 7 nitrogen and oxygen atoms in total. The monoisotopic (exact) mass is 412 g/mol. The molecule has 1 amide bonds. The van der Waals surface area contributed by atoms with Gasteiger partial charge in [-0.15, -0.1) is 0 Å². The van der Waals surface area contributed by atoms with Gasteiger partial charge in [0.05, 0.1) is 10.6 Å². The zero-order valence-corrected chi connectivity index (χ0v) is 15.5. The summed E-state index contributed by atoms with van der Waals surface area (Å²) in [5, 5.41) is 15.9. The number of carbonyl (C=O) groups is 1. The lowest BCUT2D eigenvalue weighted by atomic mass is 10.1. The number of nitrogens with one attached hydrogen (secondary N) is 1. The van der Waals surface area contributed by atoms with Gasteiger partial charge in [0.2, 0.25) is 0 Å². The van der Waals surface area contributed by atoms with Gasteiger partial charge in [0, 0.05) is 28.5 Å². The van der Waals surface area contributed by atoms with Crippen molar-refractivity contribution in [3.8, 4) is 5.75 Å². The highest BCUT2D eigenvalue weighted by Gasteiger charge is 2.22. The van der Waals surface area contributed by atoms with E-state index in [1.165, 1.54) is 0 Å². The fourth-order valence-corrected chi connectivity index (χ4v) is 3.27. The number of hydrogen-bond acceptors (Lipinski definition) is 5. The molecule has 4 aromatic rings. The van der Waals surface area contributed by atoms with E-state index in [1.807, 2.05) is 36.4 Å². The maximum Gasteiger partial charge on any atom is 0.387 e. The van der Waals surface area contributed by atoms with Gasteiger partial charge in [0.25, 0.3) is 11.6 Å². The second-order valence-corrected chi connectivity index (χ2v) is 6.49. The number of benzene rings is 3. The highest BCUT2D eigenvalue weighted by atomic mass is 19.3. The zero-order chi connectivity index (χ0) is 21.4. The predicted molar refractivity (Wildman–Crippen MR) is 106 cm³/mol. The molecule has 1 aromatic heterocycles. The Balaban J connectivity index is 1.76. The van der Waals surface area contributed by atoms with E-state index in [0.29, 0.717) is 11.1 Å². The Labute approximate surface area is 168 Å². The van der Waals surface area contributed by atoms with E-state index < -0.39 is 23.2 Å². The van der Waals surface area contributed by atoms with E-state index in [0.717, 1.165) is 34.4 Å². The number of nitro benzene ring substituents is 1. The summed E-state index contributed by atoms with van der Waals surface area (Å²) in [5.74, 6) is -1.17. The van der Waals surface area contributed by atoms with Gasteiger partial charge < -0.3 is 14.5 Å². The first-order valence-corrected chi connectivity index (χ1v) is 8.80. The summed E-state index contributed by atoms with van der Waals surface area (Å²) >= 11 is 0. The highest BCUT2D eigenvalue weighted by Crippen LogP contribution is 2.34. The summed E-state index contributed by atoms with van der Waals surface area (Å²) in [6.45, 7) is -1.47. The molecule has 0 spiro atoms. The molecule has 0 bridgehead atoms. The van der Waals surface area contributed by atoms with E-state index in [2.05, 4.69) is 10.1 Å². The van der Waals surface area contributed by atoms with Gasteiger partial charge in [0.1, 0.15) is 11.3 Å². The van der Waals surface area contributed by atoms with Crippen molar-refractivity contribution in [1.82, 2.24) is 0 Å². The normalized spacial score (nSPS) is 11.2. The number of rotatable bonds is 5. The number of anilines is 1. The van der Waals surface area contributed by atoms with E-state index >= 15 is 0 Å². The number of hydrogen-bond donors (Lipinski definition) is 1. The van der Waals surface area contributed by atoms with E-state index in [9.17, 15) is 23.7 Å². The topological polar surface area (TPSA) is 94.6 Å². The second kappa shape index (κ2) is 7.43. The van der Waals surface area contributed by atoms with Crippen LogP contribution in [0.5, 0.6) is 5.75 Å². The molecule has 4 rings (SSSR count). The predicted octanol–water partition coefficient (Wildman–Crippen LogP) is 5.66. The summed E-state index contributed by atoms with van der Waals surface area (Å²) in [6.07, 6.45) is 0. The van der Waals surface area contributed by atoms with E-state index in [4.69, 9.17) is 4.42 Å². The number of ether oxygens (including phenoxy) is 1. The van der Waals surface area contributed by atoms with Gasteiger partial charge in [0.15, 0.2) is 5.76 Å². The maximum atomic E-state index is 12.8. The van der Waals surface area contributed by atoms with Crippen LogP contribution in [0.25, 0.3) is 21.7 Å². The minimum atomic E-state index is -3.17. The summed E-state index contributed by atoms with van der Waals surface area (Å²) in [4.78, 5) is 23.2. The number of amides is 1. The van der Waals surface area contributed by atoms with Crippen LogP contribution >= 0.6 is 0 Å². The first kappa shape index (κ1) is 19.3. The number of fused-ring (bicyclic) bond motifs is 3. The highest BCUT2D eigenvalue weighted by molar-refractivity contribution is 6.11. The molecule has 0 atom stereocenters. The first-order valence-electron chi connectivity index (χ1n) is 8.80. The Bertz CT molecular complexity index is 1300. The molecular formula is C21H14F2N2O5. The van der Waals surface area contributed by atoms with Crippen LogP contribution in [0.1, 0.15) is 16.1 Å². The molecular weight excluding hydrogens is 398 g/mol. The van der Waals surface area contributed by atoms with Crippen LogP contribution in [0.3, 0.4) is 0 Å². The third kappa shape index (κ3) is 3.41. The smallest absolute Gasteiger partial charge is 0.387 e. The lowest BCUT2D eigenvalue weighted by molar-refractivity contribution is -0.384. The average Bonchev–Trinajstić information content (AvgIpc) is 3.06.